The number of methoxy groups -OCH3 is 3. The number of rotatable bonds is 6. The topological polar surface area (TPSA) is 114 Å². The number of nitrogen functional groups attached to an aromatic ring is 1. The molecule has 1 amide bonds. The van der Waals surface area contributed by atoms with Crippen LogP contribution in [0.2, 0.25) is 0 Å². The molecule has 0 saturated carbocycles. The molecule has 9 heteroatoms. The molecule has 0 radical (unpaired) electrons. The quantitative estimate of drug-likeness (QED) is 0.281. The van der Waals surface area contributed by atoms with Gasteiger partial charge in [-0.2, -0.15) is 5.10 Å². The molecule has 0 aliphatic carbocycles. The Morgan fingerprint density at radius 2 is 1.68 bits per heavy atom. The van der Waals surface area contributed by atoms with Gasteiger partial charge in [0.15, 0.2) is 17.1 Å². The predicted octanol–water partition coefficient (Wildman–Crippen LogP) is 2.72. The summed E-state index contributed by atoms with van der Waals surface area (Å²) in [4.78, 5) is 16.3. The Balaban J connectivity index is 1.89. The van der Waals surface area contributed by atoms with E-state index in [4.69, 9.17) is 25.2 Å². The summed E-state index contributed by atoms with van der Waals surface area (Å²) in [7, 11) is 4.67. The van der Waals surface area contributed by atoms with Crippen LogP contribution in [0.1, 0.15) is 10.4 Å². The Hall–Kier alpha value is -4.11. The molecular formula is C22H21N5O4. The molecule has 0 unspecified atom stereocenters. The van der Waals surface area contributed by atoms with Gasteiger partial charge >= 0.3 is 0 Å². The average molecular weight is 419 g/mol. The maximum Gasteiger partial charge on any atom is 0.265 e. The Bertz CT molecular complexity index is 1230. The smallest absolute Gasteiger partial charge is 0.265 e. The van der Waals surface area contributed by atoms with Gasteiger partial charge in [-0.05, 0) is 24.3 Å². The van der Waals surface area contributed by atoms with Crippen LogP contribution in [0, 0.1) is 0 Å². The largest absolute Gasteiger partial charge is 0.493 e. The lowest BCUT2D eigenvalue weighted by Crippen LogP contribution is -2.29. The van der Waals surface area contributed by atoms with Crippen LogP contribution in [0.25, 0.3) is 28.0 Å². The summed E-state index contributed by atoms with van der Waals surface area (Å²) in [6, 6.07) is 14.4. The molecule has 31 heavy (non-hydrogen) atoms. The lowest BCUT2D eigenvalue weighted by molar-refractivity contribution is 0.0953. The van der Waals surface area contributed by atoms with Crippen molar-refractivity contribution in [3.05, 3.63) is 60.3 Å². The maximum atomic E-state index is 11.7. The van der Waals surface area contributed by atoms with Gasteiger partial charge in [0.1, 0.15) is 5.69 Å². The summed E-state index contributed by atoms with van der Waals surface area (Å²) in [5, 5.41) is 5.66. The highest BCUT2D eigenvalue weighted by molar-refractivity contribution is 5.96. The third kappa shape index (κ3) is 3.51. The lowest BCUT2D eigenvalue weighted by Gasteiger charge is -2.14. The number of ether oxygens (including phenoxy) is 3. The highest BCUT2D eigenvalue weighted by Crippen LogP contribution is 2.40. The molecule has 158 valence electrons. The van der Waals surface area contributed by atoms with Crippen LogP contribution in [-0.4, -0.2) is 42.0 Å². The zero-order valence-electron chi connectivity index (χ0n) is 17.2. The fraction of sp³-hybridized carbons (Fsp3) is 0.136. The van der Waals surface area contributed by atoms with Gasteiger partial charge in [-0.3, -0.25) is 10.2 Å². The van der Waals surface area contributed by atoms with Crippen LogP contribution in [0.5, 0.6) is 17.2 Å². The van der Waals surface area contributed by atoms with Crippen molar-refractivity contribution in [2.45, 2.75) is 0 Å². The van der Waals surface area contributed by atoms with E-state index in [0.29, 0.717) is 34.1 Å². The second-order valence-electron chi connectivity index (χ2n) is 6.57. The fourth-order valence-electron chi connectivity index (χ4n) is 3.40. The van der Waals surface area contributed by atoms with Gasteiger partial charge in [0.2, 0.25) is 5.75 Å². The number of carbonyl (C=O) groups excluding carboxylic acids is 1. The van der Waals surface area contributed by atoms with E-state index in [1.807, 2.05) is 24.3 Å². The molecule has 4 rings (SSSR count). The first-order chi connectivity index (χ1) is 15.1. The summed E-state index contributed by atoms with van der Waals surface area (Å²) in [6.45, 7) is 0. The first-order valence-corrected chi connectivity index (χ1v) is 9.36. The molecule has 0 saturated heterocycles. The molecule has 0 spiro atoms. The number of fused-ring (bicyclic) bond motifs is 1. The number of pyridine rings is 1. The van der Waals surface area contributed by atoms with Gasteiger partial charge in [-0.1, -0.05) is 12.1 Å². The molecule has 0 bridgehead atoms. The van der Waals surface area contributed by atoms with Crippen LogP contribution in [0.3, 0.4) is 0 Å². The van der Waals surface area contributed by atoms with Gasteiger partial charge in [0.25, 0.3) is 5.91 Å². The molecule has 4 aromatic rings. The van der Waals surface area contributed by atoms with E-state index in [1.165, 1.54) is 0 Å². The Labute approximate surface area is 178 Å². The van der Waals surface area contributed by atoms with Gasteiger partial charge in [-0.25, -0.2) is 15.5 Å². The Morgan fingerprint density at radius 1 is 1.00 bits per heavy atom. The van der Waals surface area contributed by atoms with Crippen LogP contribution < -0.4 is 25.5 Å². The van der Waals surface area contributed by atoms with E-state index in [2.05, 4.69) is 10.4 Å². The summed E-state index contributed by atoms with van der Waals surface area (Å²) in [6.07, 6.45) is 1.71. The molecule has 2 heterocycles. The Morgan fingerprint density at radius 3 is 2.26 bits per heavy atom. The molecular weight excluding hydrogens is 398 g/mol. The predicted molar refractivity (Wildman–Crippen MR) is 116 cm³/mol. The highest BCUT2D eigenvalue weighted by atomic mass is 16.5. The number of hydrogen-bond donors (Lipinski definition) is 2. The second-order valence-corrected chi connectivity index (χ2v) is 6.57. The lowest BCUT2D eigenvalue weighted by atomic mass is 10.1. The first-order valence-electron chi connectivity index (χ1n) is 9.36. The fourth-order valence-corrected chi connectivity index (χ4v) is 3.40. The van der Waals surface area contributed by atoms with Gasteiger partial charge < -0.3 is 14.2 Å². The number of carbonyl (C=O) groups is 1. The summed E-state index contributed by atoms with van der Waals surface area (Å²) in [5.41, 5.74) is 5.49. The van der Waals surface area contributed by atoms with Crippen molar-refractivity contribution in [2.24, 2.45) is 5.84 Å². The number of hydrogen-bond acceptors (Lipinski definition) is 7. The zero-order valence-corrected chi connectivity index (χ0v) is 17.2. The van der Waals surface area contributed by atoms with E-state index in [9.17, 15) is 4.79 Å². The number of nitrogens with zero attached hydrogens (tertiary/aromatic N) is 3. The molecule has 0 atom stereocenters. The average Bonchev–Trinajstić information content (AvgIpc) is 3.22. The van der Waals surface area contributed by atoms with Crippen molar-refractivity contribution < 1.29 is 19.0 Å². The van der Waals surface area contributed by atoms with Gasteiger partial charge in [0, 0.05) is 34.8 Å². The van der Waals surface area contributed by atoms with Gasteiger partial charge in [-0.15, -0.1) is 0 Å². The highest BCUT2D eigenvalue weighted by Gasteiger charge is 2.19. The van der Waals surface area contributed by atoms with E-state index >= 15 is 0 Å². The number of nitrogens with one attached hydrogen (secondary N) is 1. The van der Waals surface area contributed by atoms with Crippen LogP contribution in [0.4, 0.5) is 0 Å². The van der Waals surface area contributed by atoms with E-state index in [1.54, 1.807) is 56.5 Å². The number of aromatic nitrogens is 3. The summed E-state index contributed by atoms with van der Waals surface area (Å²) >= 11 is 0. The van der Waals surface area contributed by atoms with Crippen molar-refractivity contribution in [3.8, 4) is 34.2 Å². The summed E-state index contributed by atoms with van der Waals surface area (Å²) < 4.78 is 18.1. The zero-order chi connectivity index (χ0) is 22.0. The Kier molecular flexibility index (Phi) is 5.42. The van der Waals surface area contributed by atoms with Crippen molar-refractivity contribution in [1.82, 2.24) is 20.2 Å². The number of benzene rings is 2. The maximum absolute atomic E-state index is 11.7. The first kappa shape index (κ1) is 20.2. The van der Waals surface area contributed by atoms with E-state index in [-0.39, 0.29) is 5.91 Å². The normalized spacial score (nSPS) is 10.7. The third-order valence-electron chi connectivity index (χ3n) is 4.89. The van der Waals surface area contributed by atoms with Crippen molar-refractivity contribution in [2.75, 3.05) is 21.3 Å². The standard InChI is InChI=1S/C22H21N5O4/c1-29-17-11-15(12-18(30-2)20(17)31-3)27-21-16(5-4-10-24-21)19(26-27)13-6-8-14(9-7-13)22(28)25-23/h4-12H,23H2,1-3H3,(H,25,28). The molecule has 2 aromatic carbocycles. The van der Waals surface area contributed by atoms with Crippen LogP contribution >= 0.6 is 0 Å². The second kappa shape index (κ2) is 8.33. The summed E-state index contributed by atoms with van der Waals surface area (Å²) in [5.74, 6) is 6.36. The van der Waals surface area contributed by atoms with Crippen molar-refractivity contribution in [1.29, 1.82) is 0 Å². The van der Waals surface area contributed by atoms with Gasteiger partial charge in [0.05, 0.1) is 27.0 Å². The molecule has 0 fully saturated rings. The molecule has 0 aliphatic heterocycles. The number of amides is 1. The number of nitrogens with two attached hydrogens (primary N) is 1. The minimum Gasteiger partial charge on any atom is -0.493 e. The monoisotopic (exact) mass is 419 g/mol. The van der Waals surface area contributed by atoms with E-state index < -0.39 is 0 Å². The minimum absolute atomic E-state index is 0.360. The van der Waals surface area contributed by atoms with E-state index in [0.717, 1.165) is 16.6 Å². The number of hydrazine groups is 1. The molecule has 9 nitrogen and oxygen atoms in total. The minimum atomic E-state index is -0.360. The SMILES string of the molecule is COc1cc(-n2nc(-c3ccc(C(=O)NN)cc3)c3cccnc32)cc(OC)c1OC. The molecule has 0 aliphatic rings. The molecule has 3 N–H and O–H groups in total. The van der Waals surface area contributed by atoms with Crippen molar-refractivity contribution >= 4 is 16.9 Å². The third-order valence-corrected chi connectivity index (χ3v) is 4.89. The van der Waals surface area contributed by atoms with Crippen molar-refractivity contribution in [3.63, 3.8) is 0 Å². The van der Waals surface area contributed by atoms with Crippen LogP contribution in [-0.2, 0) is 0 Å². The molecule has 2 aromatic heterocycles. The van der Waals surface area contributed by atoms with Crippen LogP contribution in [0.15, 0.2) is 54.7 Å².